The summed E-state index contributed by atoms with van der Waals surface area (Å²) in [5.74, 6) is 0.0640. The third-order valence-electron chi connectivity index (χ3n) is 13.5. The fraction of sp³-hybridized carbons (Fsp3) is 0.569. The highest BCUT2D eigenvalue weighted by atomic mass is 35.5. The number of carbonyl (C=O) groups excluding carboxylic acids is 4. The maximum atomic E-state index is 14.2. The summed E-state index contributed by atoms with van der Waals surface area (Å²) in [7, 11) is 0. The Morgan fingerprint density at radius 3 is 2.24 bits per heavy atom. The fourth-order valence-corrected chi connectivity index (χ4v) is 10.3. The number of β-amino-alcohol motifs (C(OH)–C–C–N with tert-alkyl or cyclic N) is 1. The summed E-state index contributed by atoms with van der Waals surface area (Å²) in [6, 6.07) is 15.8. The average molecular weight is 976 g/mol. The van der Waals surface area contributed by atoms with E-state index in [0.717, 1.165) is 24.5 Å². The highest BCUT2D eigenvalue weighted by molar-refractivity contribution is 6.31. The molecule has 2 aromatic carbocycles. The third kappa shape index (κ3) is 12.4. The Hall–Kier alpha value is -4.98. The normalized spacial score (nSPS) is 22.1. The molecule has 2 unspecified atom stereocenters. The SMILES string of the molecule is CC(C)CC(OCCN1CCN(c2ccc(C(=O)NC3C(C)(C)C(Oc4ccc(C#N)c(Cl)c4)C3(C)C)cn2)CC1)C(=O)NC(C(=O)N1C[C@H](O)C[C@H]1C(=O)NCc1ccc(Cl)cc1)C(C)(C)C. The van der Waals surface area contributed by atoms with Crippen LogP contribution in [0.3, 0.4) is 0 Å². The van der Waals surface area contributed by atoms with E-state index in [1.54, 1.807) is 42.6 Å². The van der Waals surface area contributed by atoms with Crippen LogP contribution in [0, 0.1) is 33.5 Å². The number of rotatable bonds is 17. The molecule has 2 aliphatic heterocycles. The van der Waals surface area contributed by atoms with Crippen LogP contribution in [-0.2, 0) is 25.7 Å². The van der Waals surface area contributed by atoms with Gasteiger partial charge >= 0.3 is 0 Å². The van der Waals surface area contributed by atoms with E-state index < -0.39 is 52.4 Å². The first-order valence-corrected chi connectivity index (χ1v) is 24.3. The van der Waals surface area contributed by atoms with Crippen LogP contribution >= 0.6 is 23.2 Å². The number of piperazine rings is 1. The maximum Gasteiger partial charge on any atom is 0.253 e. The number of aromatic nitrogens is 1. The van der Waals surface area contributed by atoms with E-state index in [0.29, 0.717) is 59.6 Å². The Bertz CT molecular complexity index is 2290. The van der Waals surface area contributed by atoms with Gasteiger partial charge in [0.25, 0.3) is 5.91 Å². The molecule has 0 bridgehead atoms. The number of aliphatic hydroxyl groups excluding tert-OH is 1. The Morgan fingerprint density at radius 1 is 0.971 bits per heavy atom. The summed E-state index contributed by atoms with van der Waals surface area (Å²) < 4.78 is 12.7. The van der Waals surface area contributed by atoms with Gasteiger partial charge in [-0.25, -0.2) is 4.98 Å². The molecule has 15 nitrogen and oxygen atoms in total. The first kappa shape index (κ1) is 52.4. The summed E-state index contributed by atoms with van der Waals surface area (Å²) in [6.07, 6.45) is 0.247. The predicted molar refractivity (Wildman–Crippen MR) is 262 cm³/mol. The topological polar surface area (TPSA) is 189 Å². The van der Waals surface area contributed by atoms with Crippen LogP contribution in [0.5, 0.6) is 5.75 Å². The van der Waals surface area contributed by atoms with Gasteiger partial charge in [-0.2, -0.15) is 5.26 Å². The second-order valence-corrected chi connectivity index (χ2v) is 21.9. The van der Waals surface area contributed by atoms with Crippen molar-refractivity contribution in [1.82, 2.24) is 30.7 Å². The molecule has 4 amide bonds. The Kier molecular flexibility index (Phi) is 16.8. The van der Waals surface area contributed by atoms with Gasteiger partial charge in [0.1, 0.15) is 41.9 Å². The molecule has 1 aromatic heterocycles. The number of anilines is 1. The number of hydrogen-bond donors (Lipinski definition) is 4. The molecule has 2 saturated heterocycles. The highest BCUT2D eigenvalue weighted by Gasteiger charge is 2.64. The van der Waals surface area contributed by atoms with E-state index in [-0.39, 0.29) is 49.4 Å². The molecular weight excluding hydrogens is 908 g/mol. The summed E-state index contributed by atoms with van der Waals surface area (Å²) >= 11 is 12.3. The van der Waals surface area contributed by atoms with Crippen molar-refractivity contribution in [2.45, 2.75) is 118 Å². The Morgan fingerprint density at radius 2 is 1.65 bits per heavy atom. The minimum absolute atomic E-state index is 0.0199. The highest BCUT2D eigenvalue weighted by Crippen LogP contribution is 2.55. The zero-order valence-electron chi connectivity index (χ0n) is 40.8. The zero-order valence-corrected chi connectivity index (χ0v) is 42.3. The number of nitrogens with one attached hydrogen (secondary N) is 3. The van der Waals surface area contributed by atoms with E-state index in [1.165, 1.54) is 4.90 Å². The molecule has 68 heavy (non-hydrogen) atoms. The van der Waals surface area contributed by atoms with Gasteiger partial charge in [0, 0.05) is 86.4 Å². The van der Waals surface area contributed by atoms with Gasteiger partial charge in [0.05, 0.1) is 28.9 Å². The quantitative estimate of drug-likeness (QED) is 0.120. The van der Waals surface area contributed by atoms with Crippen LogP contribution in [0.25, 0.3) is 0 Å². The molecule has 4 atom stereocenters. The van der Waals surface area contributed by atoms with Crippen molar-refractivity contribution >= 4 is 52.6 Å². The standard InChI is InChI=1S/C51H68Cl2N8O7/c1-31(2)24-40(45(65)57-42(49(3,4)5)46(66)61-30-36(62)25-39(61)44(64)56-28-32-10-14-35(52)15-11-32)67-23-22-59-18-20-60(21-19-59)41-17-13-34(29-55-41)43(63)58-47-50(6,7)48(51(47,8)9)68-37-16-12-33(27-54)38(53)26-37/h10-17,26,29,31,36,39-40,42,47-48,62H,18-25,28,30H2,1-9H3,(H,56,64)(H,57,65)(H,58,63)/t36-,39+,40?,42?,47?,48?/m1/s1. The van der Waals surface area contributed by atoms with Gasteiger partial charge < -0.3 is 40.3 Å². The van der Waals surface area contributed by atoms with E-state index in [1.807, 2.05) is 52.8 Å². The molecule has 6 rings (SSSR count). The minimum Gasteiger partial charge on any atom is -0.489 e. The number of ether oxygens (including phenoxy) is 2. The lowest BCUT2D eigenvalue weighted by Gasteiger charge is -2.63. The molecule has 3 fully saturated rings. The minimum atomic E-state index is -0.979. The fourth-order valence-electron chi connectivity index (χ4n) is 9.99. The van der Waals surface area contributed by atoms with Crippen molar-refractivity contribution in [3.8, 4) is 11.8 Å². The number of likely N-dealkylation sites (tertiary alicyclic amines) is 1. The van der Waals surface area contributed by atoms with E-state index >= 15 is 0 Å². The number of halogens is 2. The zero-order chi connectivity index (χ0) is 49.7. The van der Waals surface area contributed by atoms with Gasteiger partial charge in [0.15, 0.2) is 0 Å². The lowest BCUT2D eigenvalue weighted by atomic mass is 9.49. The third-order valence-corrected chi connectivity index (χ3v) is 14.0. The average Bonchev–Trinajstić information content (AvgIpc) is 3.69. The largest absolute Gasteiger partial charge is 0.489 e. The molecule has 1 saturated carbocycles. The molecule has 4 N–H and O–H groups in total. The smallest absolute Gasteiger partial charge is 0.253 e. The van der Waals surface area contributed by atoms with Gasteiger partial charge in [-0.05, 0) is 59.7 Å². The van der Waals surface area contributed by atoms with Crippen molar-refractivity contribution in [3.63, 3.8) is 0 Å². The maximum absolute atomic E-state index is 14.2. The molecule has 1 aliphatic carbocycles. The molecule has 17 heteroatoms. The van der Waals surface area contributed by atoms with Crippen LogP contribution in [0.1, 0.15) is 96.6 Å². The van der Waals surface area contributed by atoms with E-state index in [2.05, 4.69) is 64.5 Å². The number of carbonyl (C=O) groups is 4. The second-order valence-electron chi connectivity index (χ2n) is 21.1. The number of nitrogens with zero attached hydrogens (tertiary/aromatic N) is 5. The van der Waals surface area contributed by atoms with Crippen molar-refractivity contribution in [3.05, 3.63) is 87.5 Å². The summed E-state index contributed by atoms with van der Waals surface area (Å²) in [5.41, 5.74) is 0.166. The van der Waals surface area contributed by atoms with Crippen LogP contribution in [0.4, 0.5) is 5.82 Å². The Balaban J connectivity index is 0.974. The second kappa shape index (κ2) is 21.8. The molecule has 3 aromatic rings. The lowest BCUT2D eigenvalue weighted by Crippen LogP contribution is -2.74. The number of aliphatic hydroxyl groups is 1. The summed E-state index contributed by atoms with van der Waals surface area (Å²) in [4.78, 5) is 65.7. The molecule has 0 spiro atoms. The van der Waals surface area contributed by atoms with Gasteiger partial charge in [-0.3, -0.25) is 24.1 Å². The van der Waals surface area contributed by atoms with E-state index in [4.69, 9.17) is 32.7 Å². The predicted octanol–water partition coefficient (Wildman–Crippen LogP) is 6.23. The van der Waals surface area contributed by atoms with Crippen molar-refractivity contribution < 1.29 is 33.8 Å². The lowest BCUT2D eigenvalue weighted by molar-refractivity contribution is -0.164. The molecule has 3 heterocycles. The number of nitriles is 1. The first-order chi connectivity index (χ1) is 32.0. The molecular formula is C51H68Cl2N8O7. The number of benzene rings is 2. The molecule has 0 radical (unpaired) electrons. The van der Waals surface area contributed by atoms with Crippen LogP contribution < -0.4 is 25.6 Å². The summed E-state index contributed by atoms with van der Waals surface area (Å²) in [6.45, 7) is 21.9. The van der Waals surface area contributed by atoms with Gasteiger partial charge in [-0.15, -0.1) is 0 Å². The van der Waals surface area contributed by atoms with Crippen LogP contribution in [0.15, 0.2) is 60.8 Å². The summed E-state index contributed by atoms with van der Waals surface area (Å²) in [5, 5.41) is 29.9. The molecule has 3 aliphatic rings. The number of pyridine rings is 1. The van der Waals surface area contributed by atoms with Crippen LogP contribution in [-0.4, -0.2) is 126 Å². The van der Waals surface area contributed by atoms with Gasteiger partial charge in [-0.1, -0.05) is 97.6 Å². The number of amides is 4. The Labute approximate surface area is 411 Å². The van der Waals surface area contributed by atoms with Crippen molar-refractivity contribution in [1.29, 1.82) is 5.26 Å². The van der Waals surface area contributed by atoms with Gasteiger partial charge in [0.2, 0.25) is 17.7 Å². The first-order valence-electron chi connectivity index (χ1n) is 23.5. The van der Waals surface area contributed by atoms with E-state index in [9.17, 15) is 29.5 Å². The van der Waals surface area contributed by atoms with Crippen molar-refractivity contribution in [2.24, 2.45) is 22.2 Å². The monoisotopic (exact) mass is 974 g/mol. The van der Waals surface area contributed by atoms with Crippen LogP contribution in [0.2, 0.25) is 10.0 Å². The molecule has 368 valence electrons. The van der Waals surface area contributed by atoms with Crippen molar-refractivity contribution in [2.75, 3.05) is 50.8 Å². The number of hydrogen-bond acceptors (Lipinski definition) is 11.